The van der Waals surface area contributed by atoms with Crippen LogP contribution in [0.5, 0.6) is 0 Å². The molecule has 1 saturated carbocycles. The fourth-order valence-electron chi connectivity index (χ4n) is 1.97. The second-order valence-corrected chi connectivity index (χ2v) is 3.50. The Morgan fingerprint density at radius 1 is 1.30 bits per heavy atom. The number of nitrogens with two attached hydrogens (primary N) is 1. The van der Waals surface area contributed by atoms with E-state index in [4.69, 9.17) is 5.73 Å². The molecule has 0 aromatic carbocycles. The molecule has 1 aliphatic carbocycles. The molecule has 0 bridgehead atoms. The first-order valence-corrected chi connectivity index (χ1v) is 4.60. The largest absolute Gasteiger partial charge is 0.327 e. The van der Waals surface area contributed by atoms with Gasteiger partial charge in [0.2, 0.25) is 0 Å². The van der Waals surface area contributed by atoms with Gasteiger partial charge < -0.3 is 5.73 Å². The SMILES string of the molecule is CCC[C@H]1CCCC[C@@H]1N. The highest BCUT2D eigenvalue weighted by atomic mass is 14.7. The van der Waals surface area contributed by atoms with E-state index in [1.54, 1.807) is 0 Å². The summed E-state index contributed by atoms with van der Waals surface area (Å²) in [5.74, 6) is 0.846. The third-order valence-corrected chi connectivity index (χ3v) is 2.63. The van der Waals surface area contributed by atoms with Gasteiger partial charge in [0, 0.05) is 6.04 Å². The average Bonchev–Trinajstić information content (AvgIpc) is 1.94. The zero-order valence-corrected chi connectivity index (χ0v) is 6.97. The fraction of sp³-hybridized carbons (Fsp3) is 1.00. The summed E-state index contributed by atoms with van der Waals surface area (Å²) < 4.78 is 0. The highest BCUT2D eigenvalue weighted by Crippen LogP contribution is 2.26. The minimum absolute atomic E-state index is 0.522. The first kappa shape index (κ1) is 8.06. The quantitative estimate of drug-likeness (QED) is 0.627. The Bertz CT molecular complexity index is 88.7. The zero-order chi connectivity index (χ0) is 7.40. The van der Waals surface area contributed by atoms with Gasteiger partial charge in [0.05, 0.1) is 0 Å². The van der Waals surface area contributed by atoms with Gasteiger partial charge in [0.25, 0.3) is 0 Å². The van der Waals surface area contributed by atoms with Crippen LogP contribution in [0.1, 0.15) is 45.4 Å². The minimum Gasteiger partial charge on any atom is -0.327 e. The summed E-state index contributed by atoms with van der Waals surface area (Å²) in [5, 5.41) is 0. The van der Waals surface area contributed by atoms with Gasteiger partial charge in [0.15, 0.2) is 0 Å². The maximum absolute atomic E-state index is 5.97. The molecule has 2 N–H and O–H groups in total. The lowest BCUT2D eigenvalue weighted by atomic mass is 9.82. The Kier molecular flexibility index (Phi) is 3.20. The van der Waals surface area contributed by atoms with Crippen LogP contribution in [0.4, 0.5) is 0 Å². The van der Waals surface area contributed by atoms with Crippen molar-refractivity contribution in [2.45, 2.75) is 51.5 Å². The van der Waals surface area contributed by atoms with Crippen molar-refractivity contribution < 1.29 is 0 Å². The molecule has 0 heterocycles. The topological polar surface area (TPSA) is 26.0 Å². The molecule has 0 aromatic heterocycles. The van der Waals surface area contributed by atoms with Crippen molar-refractivity contribution in [2.24, 2.45) is 11.7 Å². The minimum atomic E-state index is 0.522. The molecular formula is C9H19N. The van der Waals surface area contributed by atoms with Gasteiger partial charge in [-0.25, -0.2) is 0 Å². The highest BCUT2D eigenvalue weighted by molar-refractivity contribution is 4.77. The monoisotopic (exact) mass is 141 g/mol. The summed E-state index contributed by atoms with van der Waals surface area (Å²) in [6.45, 7) is 2.25. The van der Waals surface area contributed by atoms with Crippen LogP contribution in [0.2, 0.25) is 0 Å². The van der Waals surface area contributed by atoms with Crippen molar-refractivity contribution in [1.82, 2.24) is 0 Å². The summed E-state index contributed by atoms with van der Waals surface area (Å²) in [4.78, 5) is 0. The van der Waals surface area contributed by atoms with Crippen LogP contribution in [0.3, 0.4) is 0 Å². The summed E-state index contributed by atoms with van der Waals surface area (Å²) in [6, 6.07) is 0.522. The molecule has 1 nitrogen and oxygen atoms in total. The fourth-order valence-corrected chi connectivity index (χ4v) is 1.97. The van der Waals surface area contributed by atoms with E-state index in [0.717, 1.165) is 5.92 Å². The van der Waals surface area contributed by atoms with Gasteiger partial charge in [0.1, 0.15) is 0 Å². The van der Waals surface area contributed by atoms with Crippen molar-refractivity contribution >= 4 is 0 Å². The molecule has 0 radical (unpaired) electrons. The molecule has 60 valence electrons. The molecule has 2 atom stereocenters. The van der Waals surface area contributed by atoms with Crippen LogP contribution in [-0.2, 0) is 0 Å². The Hall–Kier alpha value is -0.0400. The van der Waals surface area contributed by atoms with Gasteiger partial charge in [-0.05, 0) is 25.2 Å². The molecule has 0 aliphatic heterocycles. The predicted molar refractivity (Wildman–Crippen MR) is 44.8 cm³/mol. The number of hydrogen-bond acceptors (Lipinski definition) is 1. The van der Waals surface area contributed by atoms with Crippen molar-refractivity contribution in [3.05, 3.63) is 0 Å². The van der Waals surface area contributed by atoms with Gasteiger partial charge in [-0.1, -0.05) is 26.2 Å². The van der Waals surface area contributed by atoms with E-state index >= 15 is 0 Å². The third kappa shape index (κ3) is 1.98. The van der Waals surface area contributed by atoms with Crippen molar-refractivity contribution in [1.29, 1.82) is 0 Å². The molecular weight excluding hydrogens is 122 g/mol. The van der Waals surface area contributed by atoms with Crippen LogP contribution >= 0.6 is 0 Å². The van der Waals surface area contributed by atoms with E-state index in [2.05, 4.69) is 6.92 Å². The van der Waals surface area contributed by atoms with Crippen LogP contribution < -0.4 is 5.73 Å². The van der Waals surface area contributed by atoms with E-state index in [1.165, 1.54) is 38.5 Å². The molecule has 10 heavy (non-hydrogen) atoms. The first-order chi connectivity index (χ1) is 4.84. The van der Waals surface area contributed by atoms with E-state index in [0.29, 0.717) is 6.04 Å². The van der Waals surface area contributed by atoms with E-state index in [1.807, 2.05) is 0 Å². The molecule has 0 spiro atoms. The molecule has 0 saturated heterocycles. The zero-order valence-electron chi connectivity index (χ0n) is 6.97. The van der Waals surface area contributed by atoms with Gasteiger partial charge in [-0.3, -0.25) is 0 Å². The molecule has 1 aliphatic rings. The smallest absolute Gasteiger partial charge is 0.00671 e. The molecule has 1 heteroatoms. The highest BCUT2D eigenvalue weighted by Gasteiger charge is 2.19. The van der Waals surface area contributed by atoms with Gasteiger partial charge in [-0.15, -0.1) is 0 Å². The Morgan fingerprint density at radius 3 is 2.60 bits per heavy atom. The Morgan fingerprint density at radius 2 is 2.00 bits per heavy atom. The molecule has 0 unspecified atom stereocenters. The van der Waals surface area contributed by atoms with Crippen molar-refractivity contribution in [2.75, 3.05) is 0 Å². The summed E-state index contributed by atoms with van der Waals surface area (Å²) >= 11 is 0. The lowest BCUT2D eigenvalue weighted by Gasteiger charge is -2.27. The predicted octanol–water partition coefficient (Wildman–Crippen LogP) is 2.30. The normalized spacial score (nSPS) is 34.2. The second kappa shape index (κ2) is 3.97. The summed E-state index contributed by atoms with van der Waals surface area (Å²) in [7, 11) is 0. The molecule has 0 amide bonds. The molecule has 0 aromatic rings. The molecule has 1 fully saturated rings. The number of hydrogen-bond donors (Lipinski definition) is 1. The molecule has 1 rings (SSSR count). The summed E-state index contributed by atoms with van der Waals surface area (Å²) in [5.41, 5.74) is 5.97. The average molecular weight is 141 g/mol. The Labute approximate surface area is 64.0 Å². The second-order valence-electron chi connectivity index (χ2n) is 3.50. The first-order valence-electron chi connectivity index (χ1n) is 4.60. The van der Waals surface area contributed by atoms with Crippen LogP contribution in [0.15, 0.2) is 0 Å². The van der Waals surface area contributed by atoms with Crippen molar-refractivity contribution in [3.8, 4) is 0 Å². The lowest BCUT2D eigenvalue weighted by Crippen LogP contribution is -2.32. The van der Waals surface area contributed by atoms with E-state index < -0.39 is 0 Å². The number of rotatable bonds is 2. The van der Waals surface area contributed by atoms with Crippen LogP contribution in [-0.4, -0.2) is 6.04 Å². The lowest BCUT2D eigenvalue weighted by molar-refractivity contribution is 0.290. The Balaban J connectivity index is 2.25. The summed E-state index contributed by atoms with van der Waals surface area (Å²) in [6.07, 6.45) is 8.08. The van der Waals surface area contributed by atoms with E-state index in [-0.39, 0.29) is 0 Å². The van der Waals surface area contributed by atoms with Gasteiger partial charge >= 0.3 is 0 Å². The third-order valence-electron chi connectivity index (χ3n) is 2.63. The van der Waals surface area contributed by atoms with Crippen LogP contribution in [0, 0.1) is 5.92 Å². The maximum Gasteiger partial charge on any atom is 0.00671 e. The standard InChI is InChI=1S/C9H19N/c1-2-5-8-6-3-4-7-9(8)10/h8-9H,2-7,10H2,1H3/t8-,9-/m0/s1. The van der Waals surface area contributed by atoms with Crippen LogP contribution in [0.25, 0.3) is 0 Å². The van der Waals surface area contributed by atoms with Crippen molar-refractivity contribution in [3.63, 3.8) is 0 Å². The van der Waals surface area contributed by atoms with Gasteiger partial charge in [-0.2, -0.15) is 0 Å². The van der Waals surface area contributed by atoms with E-state index in [9.17, 15) is 0 Å². The maximum atomic E-state index is 5.97.